The van der Waals surface area contributed by atoms with Crippen molar-refractivity contribution < 1.29 is 23.8 Å². The second-order valence-corrected chi connectivity index (χ2v) is 9.13. The molecule has 5 heteroatoms. The number of carbonyl (C=O) groups is 2. The molecule has 1 aliphatic rings. The molecular formula is C29H28O5. The third-order valence-corrected chi connectivity index (χ3v) is 5.57. The minimum absolute atomic E-state index is 0.0547. The van der Waals surface area contributed by atoms with E-state index in [1.807, 2.05) is 30.3 Å². The zero-order valence-electron chi connectivity index (χ0n) is 19.8. The van der Waals surface area contributed by atoms with Crippen molar-refractivity contribution in [1.82, 2.24) is 0 Å². The van der Waals surface area contributed by atoms with Crippen LogP contribution < -0.4 is 9.47 Å². The van der Waals surface area contributed by atoms with Crippen LogP contribution in [0.1, 0.15) is 60.8 Å². The van der Waals surface area contributed by atoms with E-state index in [0.29, 0.717) is 22.6 Å². The van der Waals surface area contributed by atoms with Crippen molar-refractivity contribution in [2.24, 2.45) is 0 Å². The number of benzene rings is 3. The van der Waals surface area contributed by atoms with Crippen molar-refractivity contribution in [1.29, 1.82) is 0 Å². The van der Waals surface area contributed by atoms with E-state index >= 15 is 0 Å². The molecule has 3 aromatic carbocycles. The van der Waals surface area contributed by atoms with Crippen molar-refractivity contribution in [2.75, 3.05) is 6.61 Å². The van der Waals surface area contributed by atoms with Gasteiger partial charge < -0.3 is 14.2 Å². The molecule has 0 aliphatic carbocycles. The Hall–Kier alpha value is -3.86. The first-order valence-corrected chi connectivity index (χ1v) is 11.3. The van der Waals surface area contributed by atoms with Gasteiger partial charge in [-0.2, -0.15) is 0 Å². The Kier molecular flexibility index (Phi) is 6.55. The first-order valence-electron chi connectivity index (χ1n) is 11.3. The molecule has 34 heavy (non-hydrogen) atoms. The topological polar surface area (TPSA) is 61.8 Å². The summed E-state index contributed by atoms with van der Waals surface area (Å²) in [6.45, 7) is 8.47. The fourth-order valence-electron chi connectivity index (χ4n) is 3.71. The summed E-state index contributed by atoms with van der Waals surface area (Å²) in [5.41, 5.74) is 3.29. The molecule has 1 unspecified atom stereocenters. The number of esters is 1. The quantitative estimate of drug-likeness (QED) is 0.322. The molecule has 0 spiro atoms. The summed E-state index contributed by atoms with van der Waals surface area (Å²) in [5.74, 6) is 0.387. The number of fused-ring (bicyclic) bond motifs is 1. The van der Waals surface area contributed by atoms with Crippen LogP contribution in [0.3, 0.4) is 0 Å². The fraction of sp³-hybridized carbons (Fsp3) is 0.241. The van der Waals surface area contributed by atoms with Crippen molar-refractivity contribution in [3.63, 3.8) is 0 Å². The average molecular weight is 457 g/mol. The summed E-state index contributed by atoms with van der Waals surface area (Å²) in [4.78, 5) is 25.4. The fourth-order valence-corrected chi connectivity index (χ4v) is 3.71. The number of Topliss-reactive ketones (excluding diaryl/α,β-unsaturated/α-hetero) is 1. The Morgan fingerprint density at radius 1 is 1.00 bits per heavy atom. The molecule has 1 heterocycles. The average Bonchev–Trinajstić information content (AvgIpc) is 3.12. The lowest BCUT2D eigenvalue weighted by Crippen LogP contribution is -2.21. The maximum atomic E-state index is 12.9. The summed E-state index contributed by atoms with van der Waals surface area (Å²) >= 11 is 0. The van der Waals surface area contributed by atoms with Crippen molar-refractivity contribution in [3.8, 4) is 11.5 Å². The van der Waals surface area contributed by atoms with Gasteiger partial charge in [0.05, 0.1) is 12.2 Å². The molecule has 174 valence electrons. The molecule has 5 nitrogen and oxygen atoms in total. The molecule has 0 saturated carbocycles. The molecule has 0 aromatic heterocycles. The SMILES string of the molecule is CCOC(=O)C(Oc1ccc2c(c1)O/C(=C\c1ccc(C(C)(C)C)cc1)C2=O)c1ccccc1. The minimum Gasteiger partial charge on any atom is -0.474 e. The third-order valence-electron chi connectivity index (χ3n) is 5.57. The Bertz CT molecular complexity index is 1220. The number of ether oxygens (including phenoxy) is 3. The van der Waals surface area contributed by atoms with Gasteiger partial charge in [0.2, 0.25) is 11.9 Å². The van der Waals surface area contributed by atoms with Crippen LogP contribution in [0.2, 0.25) is 0 Å². The van der Waals surface area contributed by atoms with Crippen LogP contribution >= 0.6 is 0 Å². The van der Waals surface area contributed by atoms with E-state index in [2.05, 4.69) is 32.9 Å². The predicted octanol–water partition coefficient (Wildman–Crippen LogP) is 6.28. The van der Waals surface area contributed by atoms with E-state index in [0.717, 1.165) is 5.56 Å². The van der Waals surface area contributed by atoms with Crippen LogP contribution in [0.5, 0.6) is 11.5 Å². The summed E-state index contributed by atoms with van der Waals surface area (Å²) in [6, 6.07) is 22.2. The summed E-state index contributed by atoms with van der Waals surface area (Å²) in [5, 5.41) is 0. The van der Waals surface area contributed by atoms with Gasteiger partial charge in [-0.25, -0.2) is 4.79 Å². The number of ketones is 1. The van der Waals surface area contributed by atoms with Crippen LogP contribution in [0, 0.1) is 0 Å². The number of carbonyl (C=O) groups excluding carboxylic acids is 2. The Balaban J connectivity index is 1.56. The molecule has 0 amide bonds. The molecule has 0 radical (unpaired) electrons. The van der Waals surface area contributed by atoms with Crippen molar-refractivity contribution >= 4 is 17.8 Å². The standard InChI is InChI=1S/C29H28O5/c1-5-32-28(31)27(20-9-7-6-8-10-20)33-22-15-16-23-24(18-22)34-25(26(23)30)17-19-11-13-21(14-12-19)29(2,3)4/h6-18,27H,5H2,1-4H3/b25-17-. The van der Waals surface area contributed by atoms with Crippen molar-refractivity contribution in [3.05, 3.63) is 101 Å². The van der Waals surface area contributed by atoms with Gasteiger partial charge in [0.15, 0.2) is 5.76 Å². The van der Waals surface area contributed by atoms with E-state index in [9.17, 15) is 9.59 Å². The Morgan fingerprint density at radius 3 is 2.35 bits per heavy atom. The van der Waals surface area contributed by atoms with Crippen molar-refractivity contribution in [2.45, 2.75) is 39.2 Å². The lowest BCUT2D eigenvalue weighted by atomic mass is 9.86. The van der Waals surface area contributed by atoms with Gasteiger partial charge in [0, 0.05) is 11.6 Å². The maximum absolute atomic E-state index is 12.9. The molecule has 0 fully saturated rings. The zero-order valence-corrected chi connectivity index (χ0v) is 19.8. The number of hydrogen-bond donors (Lipinski definition) is 0. The molecular weight excluding hydrogens is 428 g/mol. The van der Waals surface area contributed by atoms with Crippen LogP contribution in [0.4, 0.5) is 0 Å². The van der Waals surface area contributed by atoms with Crippen LogP contribution in [-0.4, -0.2) is 18.4 Å². The highest BCUT2D eigenvalue weighted by atomic mass is 16.6. The second-order valence-electron chi connectivity index (χ2n) is 9.13. The predicted molar refractivity (Wildman–Crippen MR) is 131 cm³/mol. The van der Waals surface area contributed by atoms with Crippen LogP contribution in [0.25, 0.3) is 6.08 Å². The van der Waals surface area contributed by atoms with Gasteiger partial charge in [-0.1, -0.05) is 75.4 Å². The van der Waals surface area contributed by atoms with E-state index in [4.69, 9.17) is 14.2 Å². The highest BCUT2D eigenvalue weighted by molar-refractivity contribution is 6.14. The molecule has 0 bridgehead atoms. The molecule has 3 aromatic rings. The summed E-state index contributed by atoms with van der Waals surface area (Å²) in [7, 11) is 0. The second kappa shape index (κ2) is 9.56. The highest BCUT2D eigenvalue weighted by Crippen LogP contribution is 2.36. The van der Waals surface area contributed by atoms with E-state index < -0.39 is 12.1 Å². The lowest BCUT2D eigenvalue weighted by Gasteiger charge is -2.18. The van der Waals surface area contributed by atoms with E-state index in [1.54, 1.807) is 43.3 Å². The molecule has 0 saturated heterocycles. The van der Waals surface area contributed by atoms with Gasteiger partial charge in [0.1, 0.15) is 11.5 Å². The minimum atomic E-state index is -0.923. The van der Waals surface area contributed by atoms with Gasteiger partial charge in [-0.3, -0.25) is 4.79 Å². The monoisotopic (exact) mass is 456 g/mol. The van der Waals surface area contributed by atoms with Gasteiger partial charge >= 0.3 is 5.97 Å². The normalized spacial score (nSPS) is 14.9. The number of hydrogen-bond acceptors (Lipinski definition) is 5. The Labute approximate surface area is 200 Å². The molecule has 4 rings (SSSR count). The van der Waals surface area contributed by atoms with Gasteiger partial charge in [-0.05, 0) is 41.7 Å². The van der Waals surface area contributed by atoms with Crippen LogP contribution in [-0.2, 0) is 14.9 Å². The van der Waals surface area contributed by atoms with E-state index in [-0.39, 0.29) is 23.6 Å². The third kappa shape index (κ3) is 5.04. The van der Waals surface area contributed by atoms with Gasteiger partial charge in [0.25, 0.3) is 0 Å². The first-order chi connectivity index (χ1) is 16.3. The van der Waals surface area contributed by atoms with Crippen LogP contribution in [0.15, 0.2) is 78.6 Å². The molecule has 0 N–H and O–H groups in total. The summed E-state index contributed by atoms with van der Waals surface area (Å²) < 4.78 is 17.1. The number of rotatable bonds is 6. The first kappa shape index (κ1) is 23.3. The Morgan fingerprint density at radius 2 is 1.71 bits per heavy atom. The maximum Gasteiger partial charge on any atom is 0.352 e. The molecule has 1 atom stereocenters. The summed E-state index contributed by atoms with van der Waals surface area (Å²) in [6.07, 6.45) is 0.813. The smallest absolute Gasteiger partial charge is 0.352 e. The molecule has 1 aliphatic heterocycles. The van der Waals surface area contributed by atoms with Gasteiger partial charge in [-0.15, -0.1) is 0 Å². The largest absolute Gasteiger partial charge is 0.474 e. The highest BCUT2D eigenvalue weighted by Gasteiger charge is 2.29. The van der Waals surface area contributed by atoms with E-state index in [1.165, 1.54) is 5.56 Å². The zero-order chi connectivity index (χ0) is 24.3. The number of allylic oxidation sites excluding steroid dienone is 1. The lowest BCUT2D eigenvalue weighted by molar-refractivity contribution is -0.151.